The summed E-state index contributed by atoms with van der Waals surface area (Å²) in [4.78, 5) is 27.0. The van der Waals surface area contributed by atoms with E-state index in [2.05, 4.69) is 5.32 Å². The number of ether oxygens (including phenoxy) is 2. The van der Waals surface area contributed by atoms with Crippen LogP contribution in [0.25, 0.3) is 0 Å². The standard InChI is InChI=1S/C22H26N2O4/c1-4-24(16-8-6-5-7-9-16)22(26)18-13-17(18)21(25)23-14-15-10-11-19(27-2)20(12-15)28-3/h5-12,17-18H,4,13-14H2,1-3H3,(H,23,25). The van der Waals surface area contributed by atoms with Crippen LogP contribution in [0.4, 0.5) is 5.69 Å². The Kier molecular flexibility index (Phi) is 6.19. The number of para-hydroxylation sites is 1. The van der Waals surface area contributed by atoms with Crippen molar-refractivity contribution in [2.24, 2.45) is 11.8 Å². The third-order valence-corrected chi connectivity index (χ3v) is 5.01. The van der Waals surface area contributed by atoms with Crippen molar-refractivity contribution in [1.29, 1.82) is 0 Å². The summed E-state index contributed by atoms with van der Waals surface area (Å²) in [5, 5.41) is 2.93. The predicted octanol–water partition coefficient (Wildman–Crippen LogP) is 3.01. The zero-order valence-corrected chi connectivity index (χ0v) is 16.5. The van der Waals surface area contributed by atoms with Crippen LogP contribution in [0.5, 0.6) is 11.5 Å². The van der Waals surface area contributed by atoms with E-state index in [1.54, 1.807) is 19.1 Å². The van der Waals surface area contributed by atoms with Gasteiger partial charge in [0.2, 0.25) is 11.8 Å². The van der Waals surface area contributed by atoms with Gasteiger partial charge in [-0.1, -0.05) is 24.3 Å². The molecular weight excluding hydrogens is 356 g/mol. The Morgan fingerprint density at radius 2 is 1.75 bits per heavy atom. The highest BCUT2D eigenvalue weighted by atomic mass is 16.5. The number of carbonyl (C=O) groups excluding carboxylic acids is 2. The van der Waals surface area contributed by atoms with Gasteiger partial charge in [-0.25, -0.2) is 0 Å². The monoisotopic (exact) mass is 382 g/mol. The highest BCUT2D eigenvalue weighted by Gasteiger charge is 2.49. The molecule has 1 saturated carbocycles. The first-order valence-electron chi connectivity index (χ1n) is 9.44. The fourth-order valence-corrected chi connectivity index (χ4v) is 3.34. The molecular formula is C22H26N2O4. The van der Waals surface area contributed by atoms with Crippen LogP contribution in [0.1, 0.15) is 18.9 Å². The van der Waals surface area contributed by atoms with Gasteiger partial charge >= 0.3 is 0 Å². The second-order valence-electron chi connectivity index (χ2n) is 6.77. The molecule has 0 heterocycles. The second kappa shape index (κ2) is 8.78. The van der Waals surface area contributed by atoms with Crippen LogP contribution in [0.2, 0.25) is 0 Å². The molecule has 2 aromatic rings. The molecule has 1 N–H and O–H groups in total. The van der Waals surface area contributed by atoms with Gasteiger partial charge in [0, 0.05) is 18.8 Å². The van der Waals surface area contributed by atoms with Crippen LogP contribution in [0.3, 0.4) is 0 Å². The van der Waals surface area contributed by atoms with Crippen LogP contribution in [-0.2, 0) is 16.1 Å². The summed E-state index contributed by atoms with van der Waals surface area (Å²) in [6.07, 6.45) is 0.597. The molecule has 0 radical (unpaired) electrons. The number of hydrogen-bond donors (Lipinski definition) is 1. The van der Waals surface area contributed by atoms with E-state index in [-0.39, 0.29) is 23.7 Å². The van der Waals surface area contributed by atoms with Crippen molar-refractivity contribution in [2.75, 3.05) is 25.7 Å². The molecule has 28 heavy (non-hydrogen) atoms. The maximum Gasteiger partial charge on any atom is 0.230 e. The molecule has 6 heteroatoms. The van der Waals surface area contributed by atoms with Gasteiger partial charge in [-0.3, -0.25) is 9.59 Å². The molecule has 2 aromatic carbocycles. The van der Waals surface area contributed by atoms with Crippen molar-refractivity contribution in [2.45, 2.75) is 19.9 Å². The molecule has 2 atom stereocenters. The van der Waals surface area contributed by atoms with Crippen molar-refractivity contribution in [3.8, 4) is 11.5 Å². The summed E-state index contributed by atoms with van der Waals surface area (Å²) >= 11 is 0. The lowest BCUT2D eigenvalue weighted by molar-refractivity contribution is -0.126. The van der Waals surface area contributed by atoms with E-state index in [1.807, 2.05) is 55.5 Å². The molecule has 0 aliphatic heterocycles. The molecule has 0 saturated heterocycles. The molecule has 148 valence electrons. The molecule has 3 rings (SSSR count). The molecule has 0 spiro atoms. The lowest BCUT2D eigenvalue weighted by Crippen LogP contribution is -2.34. The average molecular weight is 382 g/mol. The van der Waals surface area contributed by atoms with Crippen LogP contribution >= 0.6 is 0 Å². The maximum absolute atomic E-state index is 12.8. The van der Waals surface area contributed by atoms with Gasteiger partial charge in [0.05, 0.1) is 26.1 Å². The average Bonchev–Trinajstić information content (AvgIpc) is 3.54. The van der Waals surface area contributed by atoms with E-state index in [1.165, 1.54) is 0 Å². The first-order valence-corrected chi connectivity index (χ1v) is 9.44. The largest absolute Gasteiger partial charge is 0.493 e. The summed E-state index contributed by atoms with van der Waals surface area (Å²) < 4.78 is 10.5. The topological polar surface area (TPSA) is 67.9 Å². The van der Waals surface area contributed by atoms with Crippen molar-refractivity contribution >= 4 is 17.5 Å². The number of amides is 2. The Morgan fingerprint density at radius 1 is 1.04 bits per heavy atom. The molecule has 1 fully saturated rings. The highest BCUT2D eigenvalue weighted by Crippen LogP contribution is 2.41. The lowest BCUT2D eigenvalue weighted by atomic mass is 10.2. The zero-order chi connectivity index (χ0) is 20.1. The van der Waals surface area contributed by atoms with Crippen LogP contribution < -0.4 is 19.7 Å². The third kappa shape index (κ3) is 4.27. The first-order chi connectivity index (χ1) is 13.6. The van der Waals surface area contributed by atoms with Crippen molar-refractivity contribution in [3.63, 3.8) is 0 Å². The second-order valence-corrected chi connectivity index (χ2v) is 6.77. The zero-order valence-electron chi connectivity index (χ0n) is 16.5. The van der Waals surface area contributed by atoms with Gasteiger partial charge < -0.3 is 19.7 Å². The Morgan fingerprint density at radius 3 is 2.39 bits per heavy atom. The minimum absolute atomic E-state index is 0.0139. The minimum Gasteiger partial charge on any atom is -0.493 e. The van der Waals surface area contributed by atoms with Crippen molar-refractivity contribution in [1.82, 2.24) is 5.32 Å². The summed E-state index contributed by atoms with van der Waals surface area (Å²) in [6.45, 7) is 2.91. The van der Waals surface area contributed by atoms with Gasteiger partial charge in [0.25, 0.3) is 0 Å². The SMILES string of the molecule is CCN(C(=O)C1CC1C(=O)NCc1ccc(OC)c(OC)c1)c1ccccc1. The van der Waals surface area contributed by atoms with E-state index in [9.17, 15) is 9.59 Å². The normalized spacial score (nSPS) is 17.5. The number of rotatable bonds is 8. The number of benzene rings is 2. The van der Waals surface area contributed by atoms with Gasteiger partial charge in [0.15, 0.2) is 11.5 Å². The fraction of sp³-hybridized carbons (Fsp3) is 0.364. The molecule has 0 aromatic heterocycles. The Hall–Kier alpha value is -3.02. The molecule has 2 amide bonds. The predicted molar refractivity (Wildman–Crippen MR) is 107 cm³/mol. The fourth-order valence-electron chi connectivity index (χ4n) is 3.34. The van der Waals surface area contributed by atoms with Gasteiger partial charge in [-0.2, -0.15) is 0 Å². The van der Waals surface area contributed by atoms with E-state index in [0.717, 1.165) is 11.3 Å². The molecule has 2 unspecified atom stereocenters. The number of carbonyl (C=O) groups is 2. The molecule has 0 bridgehead atoms. The van der Waals surface area contributed by atoms with Gasteiger partial charge in [-0.05, 0) is 43.2 Å². The summed E-state index contributed by atoms with van der Waals surface area (Å²) in [5.41, 5.74) is 1.78. The maximum atomic E-state index is 12.8. The molecule has 1 aliphatic carbocycles. The van der Waals surface area contributed by atoms with Crippen molar-refractivity contribution in [3.05, 3.63) is 54.1 Å². The number of nitrogens with zero attached hydrogens (tertiary/aromatic N) is 1. The quantitative estimate of drug-likeness (QED) is 0.762. The Balaban J connectivity index is 1.56. The smallest absolute Gasteiger partial charge is 0.230 e. The lowest BCUT2D eigenvalue weighted by Gasteiger charge is -2.21. The molecule has 6 nitrogen and oxygen atoms in total. The number of anilines is 1. The van der Waals surface area contributed by atoms with E-state index < -0.39 is 0 Å². The van der Waals surface area contributed by atoms with E-state index in [0.29, 0.717) is 31.0 Å². The van der Waals surface area contributed by atoms with Gasteiger partial charge in [0.1, 0.15) is 0 Å². The highest BCUT2D eigenvalue weighted by molar-refractivity contribution is 6.01. The van der Waals surface area contributed by atoms with E-state index >= 15 is 0 Å². The summed E-state index contributed by atoms with van der Waals surface area (Å²) in [6, 6.07) is 15.1. The van der Waals surface area contributed by atoms with Crippen LogP contribution in [0, 0.1) is 11.8 Å². The third-order valence-electron chi connectivity index (χ3n) is 5.01. The number of hydrogen-bond acceptors (Lipinski definition) is 4. The Bertz CT molecular complexity index is 838. The van der Waals surface area contributed by atoms with E-state index in [4.69, 9.17) is 9.47 Å². The Labute approximate surface area is 165 Å². The van der Waals surface area contributed by atoms with Crippen LogP contribution in [0.15, 0.2) is 48.5 Å². The summed E-state index contributed by atoms with van der Waals surface area (Å²) in [7, 11) is 3.16. The minimum atomic E-state index is -0.259. The van der Waals surface area contributed by atoms with Gasteiger partial charge in [-0.15, -0.1) is 0 Å². The summed E-state index contributed by atoms with van der Waals surface area (Å²) in [5.74, 6) is 0.689. The number of methoxy groups -OCH3 is 2. The number of nitrogens with one attached hydrogen (secondary N) is 1. The van der Waals surface area contributed by atoms with Crippen LogP contribution in [-0.4, -0.2) is 32.6 Å². The van der Waals surface area contributed by atoms with Crippen molar-refractivity contribution < 1.29 is 19.1 Å². The molecule has 1 aliphatic rings. The first kappa shape index (κ1) is 19.7.